The maximum absolute atomic E-state index is 12.7. The molecule has 12 heavy (non-hydrogen) atoms. The van der Waals surface area contributed by atoms with Gasteiger partial charge in [-0.3, -0.25) is 0 Å². The maximum Gasteiger partial charge on any atom is 1.00 e. The number of ether oxygens (including phenoxy) is 2. The summed E-state index contributed by atoms with van der Waals surface area (Å²) in [5.41, 5.74) is 0. The molecule has 0 aliphatic rings. The summed E-state index contributed by atoms with van der Waals surface area (Å²) in [5, 5.41) is 0. The SMILES string of the molecule is COCOc1ccc[c-]c1F.[K+]. The number of methoxy groups -OCH3 is 1. The predicted molar refractivity (Wildman–Crippen MR) is 37.7 cm³/mol. The first kappa shape index (κ1) is 12.5. The van der Waals surface area contributed by atoms with Crippen LogP contribution in [0.4, 0.5) is 4.39 Å². The molecule has 0 heterocycles. The summed E-state index contributed by atoms with van der Waals surface area (Å²) in [6.07, 6.45) is 0. The Morgan fingerprint density at radius 1 is 1.58 bits per heavy atom. The molecule has 0 aliphatic carbocycles. The Bertz CT molecular complexity index is 230. The average Bonchev–Trinajstić information content (AvgIpc) is 2.03. The van der Waals surface area contributed by atoms with Crippen LogP contribution >= 0.6 is 0 Å². The van der Waals surface area contributed by atoms with E-state index in [2.05, 4.69) is 10.8 Å². The minimum Gasteiger partial charge on any atom is -0.525 e. The van der Waals surface area contributed by atoms with E-state index in [1.807, 2.05) is 0 Å². The average molecular weight is 194 g/mol. The molecule has 0 saturated heterocycles. The van der Waals surface area contributed by atoms with Gasteiger partial charge in [0.2, 0.25) is 0 Å². The second-order valence-corrected chi connectivity index (χ2v) is 1.90. The zero-order chi connectivity index (χ0) is 8.10. The molecule has 0 N–H and O–H groups in total. The van der Waals surface area contributed by atoms with Gasteiger partial charge in [-0.2, -0.15) is 12.1 Å². The zero-order valence-electron chi connectivity index (χ0n) is 7.13. The number of hydrogen-bond acceptors (Lipinski definition) is 2. The molecule has 60 valence electrons. The molecule has 4 heteroatoms. The van der Waals surface area contributed by atoms with Crippen molar-refractivity contribution in [3.8, 4) is 5.75 Å². The van der Waals surface area contributed by atoms with E-state index < -0.39 is 5.82 Å². The van der Waals surface area contributed by atoms with Crippen molar-refractivity contribution in [2.24, 2.45) is 0 Å². The summed E-state index contributed by atoms with van der Waals surface area (Å²) < 4.78 is 22.1. The summed E-state index contributed by atoms with van der Waals surface area (Å²) in [7, 11) is 1.48. The molecule has 1 aromatic carbocycles. The van der Waals surface area contributed by atoms with Crippen LogP contribution in [0, 0.1) is 11.9 Å². The Kier molecular flexibility index (Phi) is 7.32. The molecule has 0 atom stereocenters. The molecule has 0 radical (unpaired) electrons. The molecule has 0 aliphatic heterocycles. The maximum atomic E-state index is 12.7. The molecule has 0 saturated carbocycles. The van der Waals surface area contributed by atoms with Crippen molar-refractivity contribution in [2.75, 3.05) is 13.9 Å². The Morgan fingerprint density at radius 3 is 2.92 bits per heavy atom. The number of benzene rings is 1. The number of halogens is 1. The third-order valence-corrected chi connectivity index (χ3v) is 1.10. The first-order valence-corrected chi connectivity index (χ1v) is 3.12. The van der Waals surface area contributed by atoms with Crippen LogP contribution < -0.4 is 56.1 Å². The Hall–Kier alpha value is 0.546. The van der Waals surface area contributed by atoms with E-state index in [0.717, 1.165) is 0 Å². The quantitative estimate of drug-likeness (QED) is 0.335. The normalized spacial score (nSPS) is 8.83. The van der Waals surface area contributed by atoms with Gasteiger partial charge in [0.15, 0.2) is 6.79 Å². The topological polar surface area (TPSA) is 18.5 Å². The second kappa shape index (κ2) is 7.00. The van der Waals surface area contributed by atoms with Crippen LogP contribution in [0.5, 0.6) is 5.75 Å². The van der Waals surface area contributed by atoms with Crippen LogP contribution in [0.3, 0.4) is 0 Å². The first-order valence-electron chi connectivity index (χ1n) is 3.12. The van der Waals surface area contributed by atoms with Gasteiger partial charge in [-0.25, -0.2) is 4.39 Å². The Balaban J connectivity index is 0.00000121. The van der Waals surface area contributed by atoms with Gasteiger partial charge in [0, 0.05) is 12.9 Å². The third-order valence-electron chi connectivity index (χ3n) is 1.10. The van der Waals surface area contributed by atoms with Crippen molar-refractivity contribution in [3.05, 3.63) is 30.1 Å². The van der Waals surface area contributed by atoms with Crippen LogP contribution in [0.25, 0.3) is 0 Å². The summed E-state index contributed by atoms with van der Waals surface area (Å²) in [6.45, 7) is 0.0504. The Morgan fingerprint density at radius 2 is 2.33 bits per heavy atom. The summed E-state index contributed by atoms with van der Waals surface area (Å²) in [6, 6.07) is 7.01. The predicted octanol–water partition coefficient (Wildman–Crippen LogP) is -1.39. The third kappa shape index (κ3) is 3.98. The number of rotatable bonds is 3. The van der Waals surface area contributed by atoms with Crippen molar-refractivity contribution in [2.45, 2.75) is 0 Å². The largest absolute Gasteiger partial charge is 1.00 e. The Labute approximate surface area is 113 Å². The van der Waals surface area contributed by atoms with E-state index >= 15 is 0 Å². The van der Waals surface area contributed by atoms with E-state index in [4.69, 9.17) is 4.74 Å². The van der Waals surface area contributed by atoms with Gasteiger partial charge in [0.25, 0.3) is 0 Å². The molecule has 0 unspecified atom stereocenters. The van der Waals surface area contributed by atoms with Gasteiger partial charge < -0.3 is 9.47 Å². The molecular formula is C8H8FKO2. The van der Waals surface area contributed by atoms with Crippen molar-refractivity contribution in [1.29, 1.82) is 0 Å². The molecule has 1 rings (SSSR count). The van der Waals surface area contributed by atoms with Crippen molar-refractivity contribution >= 4 is 0 Å². The molecular weight excluding hydrogens is 186 g/mol. The number of hydrogen-bond donors (Lipinski definition) is 0. The van der Waals surface area contributed by atoms with E-state index in [1.165, 1.54) is 19.2 Å². The van der Waals surface area contributed by atoms with Gasteiger partial charge in [0.1, 0.15) is 0 Å². The fourth-order valence-electron chi connectivity index (χ4n) is 0.635. The standard InChI is InChI=1S/C8H8FO2.K/c1-10-6-11-8-5-3-2-4-7(8)9;/h2-3,5H,6H2,1H3;/q-1;+1. The van der Waals surface area contributed by atoms with Gasteiger partial charge in [-0.05, 0) is 0 Å². The van der Waals surface area contributed by atoms with Crippen LogP contribution in [-0.4, -0.2) is 13.9 Å². The van der Waals surface area contributed by atoms with Crippen LogP contribution in [0.2, 0.25) is 0 Å². The molecule has 1 aromatic rings. The van der Waals surface area contributed by atoms with Crippen LogP contribution in [0.15, 0.2) is 18.2 Å². The van der Waals surface area contributed by atoms with Crippen LogP contribution in [0.1, 0.15) is 0 Å². The summed E-state index contributed by atoms with van der Waals surface area (Å²) in [4.78, 5) is 0. The van der Waals surface area contributed by atoms with Crippen LogP contribution in [-0.2, 0) is 4.74 Å². The fraction of sp³-hybridized carbons (Fsp3) is 0.250. The van der Waals surface area contributed by atoms with E-state index in [9.17, 15) is 4.39 Å². The van der Waals surface area contributed by atoms with Crippen molar-refractivity contribution in [3.63, 3.8) is 0 Å². The molecule has 0 aromatic heterocycles. The summed E-state index contributed by atoms with van der Waals surface area (Å²) >= 11 is 0. The van der Waals surface area contributed by atoms with Gasteiger partial charge in [-0.15, -0.1) is 12.1 Å². The van der Waals surface area contributed by atoms with E-state index in [1.54, 1.807) is 6.07 Å². The smallest absolute Gasteiger partial charge is 0.525 e. The summed E-state index contributed by atoms with van der Waals surface area (Å²) in [5.74, 6) is -0.334. The molecule has 0 spiro atoms. The second-order valence-electron chi connectivity index (χ2n) is 1.90. The monoisotopic (exact) mass is 194 g/mol. The van der Waals surface area contributed by atoms with Crippen molar-refractivity contribution < 1.29 is 65.2 Å². The van der Waals surface area contributed by atoms with Gasteiger partial charge in [0.05, 0.1) is 5.82 Å². The zero-order valence-corrected chi connectivity index (χ0v) is 10.3. The molecule has 0 fully saturated rings. The van der Waals surface area contributed by atoms with E-state index in [-0.39, 0.29) is 63.9 Å². The minimum atomic E-state index is -0.496. The van der Waals surface area contributed by atoms with Gasteiger partial charge in [-0.1, -0.05) is 0 Å². The minimum absolute atomic E-state index is 0. The molecule has 2 nitrogen and oxygen atoms in total. The van der Waals surface area contributed by atoms with Crippen molar-refractivity contribution in [1.82, 2.24) is 0 Å². The van der Waals surface area contributed by atoms with Gasteiger partial charge >= 0.3 is 51.4 Å². The fourth-order valence-corrected chi connectivity index (χ4v) is 0.635. The van der Waals surface area contributed by atoms with E-state index in [0.29, 0.717) is 0 Å². The first-order chi connectivity index (χ1) is 5.34. The molecule has 0 bridgehead atoms. The molecule has 0 amide bonds.